The third-order valence-electron chi connectivity index (χ3n) is 11.8. The van der Waals surface area contributed by atoms with E-state index in [0.717, 1.165) is 16.7 Å². The van der Waals surface area contributed by atoms with E-state index in [0.29, 0.717) is 12.8 Å². The van der Waals surface area contributed by atoms with Crippen LogP contribution in [0.15, 0.2) is 72.8 Å². The van der Waals surface area contributed by atoms with E-state index in [1.807, 2.05) is 74.5 Å². The monoisotopic (exact) mass is 679 g/mol. The number of fused-ring (bicyclic) bond motifs is 1. The molecular formula is C40H57NO8. The first-order chi connectivity index (χ1) is 23.3. The van der Waals surface area contributed by atoms with E-state index in [1.165, 1.54) is 0 Å². The SMILES string of the molecule is C=C1C[C@](OC)([C@H](OCc2ccccc2)C(=O)N(Cc2ccccc2)C2OCO[C@H]3[C@@H]2O[C@](C)(C[C@H](C)CO)C(C)(C)[C@@H]3C)O[C@H](C)[C@@H]1C. The average molecular weight is 680 g/mol. The molecule has 0 radical (unpaired) electrons. The highest BCUT2D eigenvalue weighted by atomic mass is 16.7. The number of amides is 1. The van der Waals surface area contributed by atoms with Crippen LogP contribution in [0.2, 0.25) is 0 Å². The molecule has 270 valence electrons. The Morgan fingerprint density at radius 2 is 1.61 bits per heavy atom. The minimum absolute atomic E-state index is 0.00472. The second kappa shape index (κ2) is 15.3. The zero-order valence-electron chi connectivity index (χ0n) is 30.6. The quantitative estimate of drug-likeness (QED) is 0.255. The normalized spacial score (nSPS) is 34.1. The molecule has 0 bridgehead atoms. The van der Waals surface area contributed by atoms with E-state index in [9.17, 15) is 5.11 Å². The fourth-order valence-corrected chi connectivity index (χ4v) is 7.76. The third kappa shape index (κ3) is 7.54. The van der Waals surface area contributed by atoms with Crippen LogP contribution in [0.3, 0.4) is 0 Å². The van der Waals surface area contributed by atoms with Crippen molar-refractivity contribution in [3.05, 3.63) is 83.9 Å². The molecule has 3 fully saturated rings. The van der Waals surface area contributed by atoms with Crippen LogP contribution in [0.25, 0.3) is 0 Å². The summed E-state index contributed by atoms with van der Waals surface area (Å²) in [5.74, 6) is -1.63. The molecule has 0 aromatic heterocycles. The number of aliphatic hydroxyl groups excluding tert-OH is 1. The van der Waals surface area contributed by atoms with Crippen LogP contribution in [0.1, 0.15) is 72.4 Å². The van der Waals surface area contributed by atoms with Gasteiger partial charge < -0.3 is 38.4 Å². The molecule has 3 saturated heterocycles. The molecule has 2 aromatic rings. The molecule has 1 unspecified atom stereocenters. The number of hydrogen-bond donors (Lipinski definition) is 1. The standard InChI is InChI=1S/C40H57NO8/c1-26(23-42)20-39(8)38(6,7)29(4)33-34(49-39)37(47-25-46-33)41(22-31-16-12-10-13-17-31)36(43)35(45-24-32-18-14-11-15-19-32)40(44-9)21-27(2)28(3)30(5)48-40/h10-19,26,28-30,33-35,37,42H,2,20-25H2,1,3-9H3/t26-,28+,29+,30+,33+,34-,35+,37?,39+,40+/m0/s1. The van der Waals surface area contributed by atoms with Crippen LogP contribution < -0.4 is 0 Å². The Kier molecular flexibility index (Phi) is 11.8. The molecule has 1 amide bonds. The second-order valence-electron chi connectivity index (χ2n) is 15.2. The summed E-state index contributed by atoms with van der Waals surface area (Å²) in [5.41, 5.74) is 1.82. The van der Waals surface area contributed by atoms with Gasteiger partial charge in [0.1, 0.15) is 12.9 Å². The number of nitrogens with zero attached hydrogens (tertiary/aromatic N) is 1. The lowest BCUT2D eigenvalue weighted by Gasteiger charge is -2.60. The summed E-state index contributed by atoms with van der Waals surface area (Å²) in [4.78, 5) is 17.1. The van der Waals surface area contributed by atoms with Crippen molar-refractivity contribution in [2.45, 2.75) is 116 Å². The van der Waals surface area contributed by atoms with Crippen LogP contribution in [-0.2, 0) is 46.4 Å². The Labute approximate surface area is 292 Å². The summed E-state index contributed by atoms with van der Waals surface area (Å²) < 4.78 is 39.3. The van der Waals surface area contributed by atoms with Crippen molar-refractivity contribution in [1.29, 1.82) is 0 Å². The fraction of sp³-hybridized carbons (Fsp3) is 0.625. The number of ether oxygens (including phenoxy) is 6. The van der Waals surface area contributed by atoms with Gasteiger partial charge in [-0.15, -0.1) is 0 Å². The maximum Gasteiger partial charge on any atom is 0.259 e. The third-order valence-corrected chi connectivity index (χ3v) is 11.8. The highest BCUT2D eigenvalue weighted by Gasteiger charge is 2.61. The van der Waals surface area contributed by atoms with E-state index >= 15 is 4.79 Å². The largest absolute Gasteiger partial charge is 0.396 e. The average Bonchev–Trinajstić information content (AvgIpc) is 3.09. The van der Waals surface area contributed by atoms with Crippen molar-refractivity contribution in [3.63, 3.8) is 0 Å². The van der Waals surface area contributed by atoms with E-state index < -0.39 is 29.8 Å². The lowest BCUT2D eigenvalue weighted by atomic mass is 9.60. The van der Waals surface area contributed by atoms with Gasteiger partial charge in [0.05, 0.1) is 24.4 Å². The van der Waals surface area contributed by atoms with Gasteiger partial charge in [0.2, 0.25) is 5.79 Å². The van der Waals surface area contributed by atoms with Crippen LogP contribution in [0, 0.1) is 23.2 Å². The molecule has 3 aliphatic rings. The summed E-state index contributed by atoms with van der Waals surface area (Å²) >= 11 is 0. The van der Waals surface area contributed by atoms with Crippen molar-refractivity contribution in [2.75, 3.05) is 20.5 Å². The van der Waals surface area contributed by atoms with E-state index in [4.69, 9.17) is 28.4 Å². The summed E-state index contributed by atoms with van der Waals surface area (Å²) in [5, 5.41) is 10.0. The maximum absolute atomic E-state index is 15.4. The molecule has 9 heteroatoms. The van der Waals surface area contributed by atoms with Crippen molar-refractivity contribution in [2.24, 2.45) is 23.2 Å². The van der Waals surface area contributed by atoms with E-state index in [-0.39, 0.29) is 67.8 Å². The number of benzene rings is 2. The topological polar surface area (TPSA) is 95.9 Å². The number of hydrogen-bond acceptors (Lipinski definition) is 8. The highest BCUT2D eigenvalue weighted by Crippen LogP contribution is 2.53. The Morgan fingerprint density at radius 3 is 2.20 bits per heavy atom. The number of rotatable bonds is 12. The van der Waals surface area contributed by atoms with Crippen molar-refractivity contribution < 1.29 is 38.3 Å². The molecule has 1 N–H and O–H groups in total. The van der Waals surface area contributed by atoms with Gasteiger partial charge in [-0.3, -0.25) is 4.79 Å². The minimum atomic E-state index is -1.43. The van der Waals surface area contributed by atoms with Gasteiger partial charge in [0, 0.05) is 32.6 Å². The molecule has 3 heterocycles. The first kappa shape index (κ1) is 37.6. The maximum atomic E-state index is 15.4. The molecule has 9 nitrogen and oxygen atoms in total. The first-order valence-corrected chi connectivity index (χ1v) is 17.7. The Morgan fingerprint density at radius 1 is 0.980 bits per heavy atom. The first-order valence-electron chi connectivity index (χ1n) is 17.7. The molecule has 10 atom stereocenters. The van der Waals surface area contributed by atoms with Crippen molar-refractivity contribution in [3.8, 4) is 0 Å². The number of methoxy groups -OCH3 is 1. The summed E-state index contributed by atoms with van der Waals surface area (Å²) in [6, 6.07) is 19.6. The fourth-order valence-electron chi connectivity index (χ4n) is 7.76. The van der Waals surface area contributed by atoms with Gasteiger partial charge in [-0.05, 0) is 48.6 Å². The number of carbonyl (C=O) groups excluding carboxylic acids is 1. The zero-order chi connectivity index (χ0) is 35.6. The Hall–Kier alpha value is -2.63. The molecule has 0 saturated carbocycles. The molecular weight excluding hydrogens is 622 g/mol. The van der Waals surface area contributed by atoms with Crippen LogP contribution in [0.4, 0.5) is 0 Å². The minimum Gasteiger partial charge on any atom is -0.396 e. The second-order valence-corrected chi connectivity index (χ2v) is 15.2. The number of aliphatic hydroxyl groups is 1. The van der Waals surface area contributed by atoms with E-state index in [1.54, 1.807) is 12.0 Å². The molecule has 2 aromatic carbocycles. The number of carbonyl (C=O) groups is 1. The predicted octanol–water partition coefficient (Wildman–Crippen LogP) is 6.48. The molecule has 3 aliphatic heterocycles. The lowest BCUT2D eigenvalue weighted by molar-refractivity contribution is -0.357. The van der Waals surface area contributed by atoms with Crippen LogP contribution in [0.5, 0.6) is 0 Å². The summed E-state index contributed by atoms with van der Waals surface area (Å²) in [7, 11) is 1.56. The lowest BCUT2D eigenvalue weighted by Crippen LogP contribution is -2.70. The summed E-state index contributed by atoms with van der Waals surface area (Å²) in [6.45, 7) is 19.6. The molecule has 0 spiro atoms. The van der Waals surface area contributed by atoms with Gasteiger partial charge in [-0.1, -0.05) is 107 Å². The van der Waals surface area contributed by atoms with Gasteiger partial charge in [-0.25, -0.2) is 0 Å². The van der Waals surface area contributed by atoms with Crippen LogP contribution >= 0.6 is 0 Å². The smallest absolute Gasteiger partial charge is 0.259 e. The Balaban J connectivity index is 1.58. The molecule has 49 heavy (non-hydrogen) atoms. The van der Waals surface area contributed by atoms with Gasteiger partial charge in [0.15, 0.2) is 12.3 Å². The van der Waals surface area contributed by atoms with E-state index in [2.05, 4.69) is 41.2 Å². The van der Waals surface area contributed by atoms with Gasteiger partial charge in [0.25, 0.3) is 5.91 Å². The van der Waals surface area contributed by atoms with Crippen molar-refractivity contribution >= 4 is 5.91 Å². The van der Waals surface area contributed by atoms with Gasteiger partial charge >= 0.3 is 0 Å². The van der Waals surface area contributed by atoms with Crippen molar-refractivity contribution in [1.82, 2.24) is 4.90 Å². The van der Waals surface area contributed by atoms with Crippen LogP contribution in [-0.4, -0.2) is 78.5 Å². The van der Waals surface area contributed by atoms with Gasteiger partial charge in [-0.2, -0.15) is 0 Å². The highest BCUT2D eigenvalue weighted by molar-refractivity contribution is 5.82. The molecule has 5 rings (SSSR count). The predicted molar refractivity (Wildman–Crippen MR) is 187 cm³/mol. The summed E-state index contributed by atoms with van der Waals surface area (Å²) in [6.07, 6.45) is -2.28. The Bertz CT molecular complexity index is 1400. The zero-order valence-corrected chi connectivity index (χ0v) is 30.6. The molecule has 0 aliphatic carbocycles.